The molecule has 0 aliphatic heterocycles. The lowest BCUT2D eigenvalue weighted by Crippen LogP contribution is -1.87. The number of hydrogen-bond donors (Lipinski definition) is 4. The number of aliphatic hydroxyl groups excluding tert-OH is 1. The van der Waals surface area contributed by atoms with Gasteiger partial charge in [-0.3, -0.25) is 0 Å². The predicted octanol–water partition coefficient (Wildman–Crippen LogP) is 3.77. The van der Waals surface area contributed by atoms with E-state index >= 15 is 0 Å². The van der Waals surface area contributed by atoms with E-state index in [9.17, 15) is 20.4 Å². The Kier molecular flexibility index (Phi) is 3.74. The van der Waals surface area contributed by atoms with Crippen LogP contribution < -0.4 is 0 Å². The average molecular weight is 349 g/mol. The van der Waals surface area contributed by atoms with Gasteiger partial charge in [0.2, 0.25) is 5.89 Å². The summed E-state index contributed by atoms with van der Waals surface area (Å²) in [7, 11) is 0. The highest BCUT2D eigenvalue weighted by Crippen LogP contribution is 2.39. The minimum Gasteiger partial charge on any atom is -0.508 e. The van der Waals surface area contributed by atoms with Crippen molar-refractivity contribution in [1.29, 1.82) is 0 Å². The van der Waals surface area contributed by atoms with Gasteiger partial charge in [0.1, 0.15) is 5.75 Å². The molecule has 1 aromatic heterocycles. The van der Waals surface area contributed by atoms with E-state index in [4.69, 9.17) is 4.42 Å². The van der Waals surface area contributed by atoms with Crippen molar-refractivity contribution in [2.75, 3.05) is 0 Å². The third kappa shape index (κ3) is 2.53. The molecule has 6 heteroatoms. The van der Waals surface area contributed by atoms with Crippen LogP contribution in [-0.2, 0) is 6.61 Å². The quantitative estimate of drug-likeness (QED) is 0.420. The summed E-state index contributed by atoms with van der Waals surface area (Å²) >= 11 is 0. The normalized spacial score (nSPS) is 11.1. The summed E-state index contributed by atoms with van der Waals surface area (Å²) in [6.07, 6.45) is 1.47. The topological polar surface area (TPSA) is 107 Å². The standard InChI is InChI=1S/C20H15NO5/c22-10-12-7-15-11(8-17(12)24)3-1-4-13(15)20-21-9-18(26-20)14-5-2-6-16(23)19(14)25/h1-9,22-25H,10H2. The Morgan fingerprint density at radius 2 is 1.65 bits per heavy atom. The number of rotatable bonds is 3. The maximum Gasteiger partial charge on any atom is 0.227 e. The fourth-order valence-corrected chi connectivity index (χ4v) is 2.92. The molecule has 4 rings (SSSR count). The van der Waals surface area contributed by atoms with Crippen molar-refractivity contribution in [3.8, 4) is 40.0 Å². The molecule has 0 aliphatic rings. The van der Waals surface area contributed by atoms with E-state index in [0.29, 0.717) is 28.3 Å². The van der Waals surface area contributed by atoms with Gasteiger partial charge in [0.15, 0.2) is 17.3 Å². The summed E-state index contributed by atoms with van der Waals surface area (Å²) < 4.78 is 5.80. The number of oxazole rings is 1. The van der Waals surface area contributed by atoms with Gasteiger partial charge in [-0.1, -0.05) is 18.2 Å². The molecule has 26 heavy (non-hydrogen) atoms. The molecule has 0 aliphatic carbocycles. The number of phenolic OH excluding ortho intramolecular Hbond substituents is 2. The molecule has 0 saturated heterocycles. The smallest absolute Gasteiger partial charge is 0.227 e. The number of phenols is 3. The molecule has 0 unspecified atom stereocenters. The first-order valence-electron chi connectivity index (χ1n) is 7.91. The van der Waals surface area contributed by atoms with E-state index < -0.39 is 0 Å². The molecule has 1 heterocycles. The van der Waals surface area contributed by atoms with E-state index in [1.807, 2.05) is 18.2 Å². The highest BCUT2D eigenvalue weighted by molar-refractivity contribution is 5.96. The predicted molar refractivity (Wildman–Crippen MR) is 95.8 cm³/mol. The van der Waals surface area contributed by atoms with E-state index in [2.05, 4.69) is 4.98 Å². The molecule has 6 nitrogen and oxygen atoms in total. The second-order valence-electron chi connectivity index (χ2n) is 5.87. The number of aliphatic hydroxyl groups is 1. The Bertz CT molecular complexity index is 1120. The number of aromatic hydroxyl groups is 3. The Labute approximate surface area is 148 Å². The van der Waals surface area contributed by atoms with Gasteiger partial charge in [-0.05, 0) is 41.1 Å². The lowest BCUT2D eigenvalue weighted by Gasteiger charge is -2.07. The monoisotopic (exact) mass is 349 g/mol. The van der Waals surface area contributed by atoms with Crippen LogP contribution in [0.5, 0.6) is 17.2 Å². The molecular formula is C20H15NO5. The third-order valence-electron chi connectivity index (χ3n) is 4.27. The highest BCUT2D eigenvalue weighted by atomic mass is 16.4. The first kappa shape index (κ1) is 16.0. The van der Waals surface area contributed by atoms with Gasteiger partial charge in [0, 0.05) is 11.1 Å². The molecule has 0 atom stereocenters. The molecule has 0 spiro atoms. The van der Waals surface area contributed by atoms with Crippen LogP contribution in [0.15, 0.2) is 59.1 Å². The number of hydrogen-bond acceptors (Lipinski definition) is 6. The number of aromatic nitrogens is 1. The van der Waals surface area contributed by atoms with Crippen LogP contribution >= 0.6 is 0 Å². The summed E-state index contributed by atoms with van der Waals surface area (Å²) in [5, 5.41) is 40.5. The van der Waals surface area contributed by atoms with Crippen LogP contribution in [0.4, 0.5) is 0 Å². The van der Waals surface area contributed by atoms with Crippen LogP contribution in [0, 0.1) is 0 Å². The molecule has 4 N–H and O–H groups in total. The lowest BCUT2D eigenvalue weighted by molar-refractivity contribution is 0.276. The van der Waals surface area contributed by atoms with Crippen molar-refractivity contribution in [2.45, 2.75) is 6.61 Å². The molecule has 3 aromatic carbocycles. The number of para-hydroxylation sites is 1. The van der Waals surface area contributed by atoms with Crippen molar-refractivity contribution in [3.05, 3.63) is 60.3 Å². The van der Waals surface area contributed by atoms with Crippen molar-refractivity contribution in [2.24, 2.45) is 0 Å². The third-order valence-corrected chi connectivity index (χ3v) is 4.27. The molecule has 130 valence electrons. The van der Waals surface area contributed by atoms with Crippen molar-refractivity contribution < 1.29 is 24.8 Å². The van der Waals surface area contributed by atoms with Gasteiger partial charge in [-0.15, -0.1) is 0 Å². The molecular weight excluding hydrogens is 334 g/mol. The zero-order valence-electron chi connectivity index (χ0n) is 13.5. The van der Waals surface area contributed by atoms with E-state index in [1.54, 1.807) is 24.3 Å². The zero-order valence-corrected chi connectivity index (χ0v) is 13.5. The minimum atomic E-state index is -0.288. The SMILES string of the molecule is OCc1cc2c(-c3ncc(-c4cccc(O)c4O)o3)cccc2cc1O. The fourth-order valence-electron chi connectivity index (χ4n) is 2.92. The molecule has 0 radical (unpaired) electrons. The summed E-state index contributed by atoms with van der Waals surface area (Å²) in [6, 6.07) is 13.3. The van der Waals surface area contributed by atoms with Crippen molar-refractivity contribution in [1.82, 2.24) is 4.98 Å². The Morgan fingerprint density at radius 1 is 0.885 bits per heavy atom. The van der Waals surface area contributed by atoms with Crippen LogP contribution in [0.3, 0.4) is 0 Å². The number of benzene rings is 3. The summed E-state index contributed by atoms with van der Waals surface area (Å²) in [4.78, 5) is 4.28. The lowest BCUT2D eigenvalue weighted by atomic mass is 10.0. The molecule has 0 saturated carbocycles. The molecule has 0 bridgehead atoms. The van der Waals surface area contributed by atoms with E-state index in [0.717, 1.165) is 10.8 Å². The van der Waals surface area contributed by atoms with E-state index in [1.165, 1.54) is 12.3 Å². The van der Waals surface area contributed by atoms with E-state index in [-0.39, 0.29) is 23.9 Å². The summed E-state index contributed by atoms with van der Waals surface area (Å²) in [5.74, 6) is 0.138. The molecule has 4 aromatic rings. The van der Waals surface area contributed by atoms with Crippen LogP contribution in [0.25, 0.3) is 33.6 Å². The molecule has 0 fully saturated rings. The summed E-state index contributed by atoms with van der Waals surface area (Å²) in [5.41, 5.74) is 1.42. The average Bonchev–Trinajstić information content (AvgIpc) is 3.12. The zero-order chi connectivity index (χ0) is 18.3. The number of nitrogens with zero attached hydrogens (tertiary/aromatic N) is 1. The van der Waals surface area contributed by atoms with Crippen molar-refractivity contribution >= 4 is 10.8 Å². The highest BCUT2D eigenvalue weighted by Gasteiger charge is 2.16. The first-order chi connectivity index (χ1) is 12.6. The molecule has 0 amide bonds. The van der Waals surface area contributed by atoms with Gasteiger partial charge in [0.25, 0.3) is 0 Å². The number of fused-ring (bicyclic) bond motifs is 1. The maximum atomic E-state index is 10.0. The maximum absolute atomic E-state index is 10.0. The largest absolute Gasteiger partial charge is 0.508 e. The van der Waals surface area contributed by atoms with Crippen molar-refractivity contribution in [3.63, 3.8) is 0 Å². The van der Waals surface area contributed by atoms with Crippen LogP contribution in [0.1, 0.15) is 5.56 Å². The second kappa shape index (κ2) is 6.09. The van der Waals surface area contributed by atoms with Crippen LogP contribution in [-0.4, -0.2) is 25.4 Å². The Balaban J connectivity index is 1.87. The van der Waals surface area contributed by atoms with Gasteiger partial charge in [-0.25, -0.2) is 4.98 Å². The van der Waals surface area contributed by atoms with Gasteiger partial charge < -0.3 is 24.8 Å². The van der Waals surface area contributed by atoms with Gasteiger partial charge in [0.05, 0.1) is 18.4 Å². The first-order valence-corrected chi connectivity index (χ1v) is 7.91. The second-order valence-corrected chi connectivity index (χ2v) is 5.87. The Hall–Kier alpha value is -3.51. The summed E-state index contributed by atoms with van der Waals surface area (Å²) in [6.45, 7) is -0.288. The minimum absolute atomic E-state index is 0.0231. The van der Waals surface area contributed by atoms with Gasteiger partial charge in [-0.2, -0.15) is 0 Å². The van der Waals surface area contributed by atoms with Gasteiger partial charge >= 0.3 is 0 Å². The Morgan fingerprint density at radius 3 is 2.46 bits per heavy atom. The fraction of sp³-hybridized carbons (Fsp3) is 0.0500. The van der Waals surface area contributed by atoms with Crippen LogP contribution in [0.2, 0.25) is 0 Å².